The smallest absolute Gasteiger partial charge is 0.383 e. The first kappa shape index (κ1) is 21.6. The Balaban J connectivity index is 1.49. The third-order valence-electron chi connectivity index (χ3n) is 5.79. The Morgan fingerprint density at radius 1 is 1.12 bits per heavy atom. The van der Waals surface area contributed by atoms with E-state index in [9.17, 15) is 18.0 Å². The summed E-state index contributed by atoms with van der Waals surface area (Å²) in [4.78, 5) is 22.8. The van der Waals surface area contributed by atoms with Crippen LogP contribution in [0.2, 0.25) is 0 Å². The summed E-state index contributed by atoms with van der Waals surface area (Å²) in [5, 5.41) is 7.48. The number of carbonyl (C=O) groups excluding carboxylic acids is 1. The molecule has 12 heteroatoms. The molecule has 0 fully saturated rings. The van der Waals surface area contributed by atoms with Crippen molar-refractivity contribution in [2.75, 3.05) is 12.3 Å². The van der Waals surface area contributed by atoms with Crippen LogP contribution in [0.1, 0.15) is 17.2 Å². The second-order valence-corrected chi connectivity index (χ2v) is 7.83. The Morgan fingerprint density at radius 2 is 1.88 bits per heavy atom. The summed E-state index contributed by atoms with van der Waals surface area (Å²) in [5.74, 6) is -1.05. The number of amides is 1. The standard InChI is InChI=1S/C22H19F3N8O/c1-31-18(13-5-3-2-4-6-13)14(17-19(26)27-12-28-20(17)31)7-8-16(34)32-9-10-33-15(11-32)29-30-21(33)22(23,24)25/h2-8,12H,9-11H2,1H3,(H2,26,27,28)/b8-7+. The van der Waals surface area contributed by atoms with Crippen molar-refractivity contribution in [3.63, 3.8) is 0 Å². The van der Waals surface area contributed by atoms with E-state index in [2.05, 4.69) is 20.2 Å². The van der Waals surface area contributed by atoms with Crippen molar-refractivity contribution in [2.24, 2.45) is 7.05 Å². The van der Waals surface area contributed by atoms with Crippen molar-refractivity contribution in [3.05, 3.63) is 59.9 Å². The van der Waals surface area contributed by atoms with Gasteiger partial charge < -0.3 is 19.8 Å². The third kappa shape index (κ3) is 3.56. The number of hydrogen-bond donors (Lipinski definition) is 1. The van der Waals surface area contributed by atoms with Crippen molar-refractivity contribution in [3.8, 4) is 11.3 Å². The minimum Gasteiger partial charge on any atom is -0.383 e. The second kappa shape index (κ2) is 7.97. The summed E-state index contributed by atoms with van der Waals surface area (Å²) in [6.45, 7) is -0.0106. The average Bonchev–Trinajstić information content (AvgIpc) is 3.37. The van der Waals surface area contributed by atoms with Crippen LogP contribution in [0, 0.1) is 0 Å². The third-order valence-corrected chi connectivity index (χ3v) is 5.79. The highest BCUT2D eigenvalue weighted by molar-refractivity contribution is 6.04. The molecule has 1 aliphatic rings. The van der Waals surface area contributed by atoms with Crippen LogP contribution in [0.25, 0.3) is 28.4 Å². The molecule has 0 spiro atoms. The zero-order valence-corrected chi connectivity index (χ0v) is 18.0. The summed E-state index contributed by atoms with van der Waals surface area (Å²) >= 11 is 0. The number of rotatable bonds is 3. The number of anilines is 1. The monoisotopic (exact) mass is 468 g/mol. The average molecular weight is 468 g/mol. The van der Waals surface area contributed by atoms with E-state index >= 15 is 0 Å². The van der Waals surface area contributed by atoms with E-state index in [1.54, 1.807) is 6.08 Å². The Kier molecular flexibility index (Phi) is 5.07. The molecule has 0 aliphatic carbocycles. The van der Waals surface area contributed by atoms with E-state index in [1.165, 1.54) is 17.3 Å². The van der Waals surface area contributed by atoms with Crippen LogP contribution in [0.4, 0.5) is 19.0 Å². The maximum Gasteiger partial charge on any atom is 0.451 e. The van der Waals surface area contributed by atoms with Crippen LogP contribution in [0.5, 0.6) is 0 Å². The molecule has 2 N–H and O–H groups in total. The van der Waals surface area contributed by atoms with Gasteiger partial charge in [-0.1, -0.05) is 30.3 Å². The van der Waals surface area contributed by atoms with E-state index in [1.807, 2.05) is 41.9 Å². The molecule has 4 aromatic rings. The van der Waals surface area contributed by atoms with E-state index < -0.39 is 12.0 Å². The van der Waals surface area contributed by atoms with Gasteiger partial charge in [-0.25, -0.2) is 9.97 Å². The van der Waals surface area contributed by atoms with Gasteiger partial charge in [0.05, 0.1) is 17.6 Å². The molecule has 3 aromatic heterocycles. The number of aryl methyl sites for hydroxylation is 1. The number of nitrogen functional groups attached to an aromatic ring is 1. The van der Waals surface area contributed by atoms with E-state index in [4.69, 9.17) is 5.73 Å². The fourth-order valence-electron chi connectivity index (χ4n) is 4.23. The summed E-state index contributed by atoms with van der Waals surface area (Å²) in [6.07, 6.45) is -0.191. The van der Waals surface area contributed by atoms with Gasteiger partial charge in [0.2, 0.25) is 11.7 Å². The molecule has 0 bridgehead atoms. The van der Waals surface area contributed by atoms with Gasteiger partial charge >= 0.3 is 6.18 Å². The predicted molar refractivity (Wildman–Crippen MR) is 118 cm³/mol. The quantitative estimate of drug-likeness (QED) is 0.464. The van der Waals surface area contributed by atoms with Crippen molar-refractivity contribution in [2.45, 2.75) is 19.3 Å². The highest BCUT2D eigenvalue weighted by atomic mass is 19.4. The lowest BCUT2D eigenvalue weighted by molar-refractivity contribution is -0.148. The molecule has 174 valence electrons. The molecule has 0 radical (unpaired) electrons. The van der Waals surface area contributed by atoms with Crippen LogP contribution in [-0.2, 0) is 31.1 Å². The number of aromatic nitrogens is 6. The number of nitrogens with two attached hydrogens (primary N) is 1. The van der Waals surface area contributed by atoms with Crippen LogP contribution < -0.4 is 5.73 Å². The first-order valence-corrected chi connectivity index (χ1v) is 10.4. The molecule has 9 nitrogen and oxygen atoms in total. The summed E-state index contributed by atoms with van der Waals surface area (Å²) < 4.78 is 42.1. The zero-order valence-electron chi connectivity index (χ0n) is 18.0. The molecule has 1 aliphatic heterocycles. The number of hydrogen-bond acceptors (Lipinski definition) is 6. The molecular formula is C22H19F3N8O. The fraction of sp³-hybridized carbons (Fsp3) is 0.227. The molecule has 0 unspecified atom stereocenters. The first-order chi connectivity index (χ1) is 16.3. The molecule has 1 amide bonds. The van der Waals surface area contributed by atoms with Crippen molar-refractivity contribution in [1.29, 1.82) is 0 Å². The minimum absolute atomic E-state index is 0.0406. The van der Waals surface area contributed by atoms with Crippen molar-refractivity contribution >= 4 is 28.8 Å². The van der Waals surface area contributed by atoms with Crippen LogP contribution in [0.15, 0.2) is 42.7 Å². The van der Waals surface area contributed by atoms with E-state index in [-0.39, 0.29) is 37.2 Å². The van der Waals surface area contributed by atoms with Crippen molar-refractivity contribution < 1.29 is 18.0 Å². The summed E-state index contributed by atoms with van der Waals surface area (Å²) in [5.41, 5.74) is 9.15. The Hall–Kier alpha value is -4.22. The highest BCUT2D eigenvalue weighted by Gasteiger charge is 2.39. The number of fused-ring (bicyclic) bond motifs is 2. The minimum atomic E-state index is -4.60. The number of alkyl halides is 3. The molecule has 34 heavy (non-hydrogen) atoms. The van der Waals surface area contributed by atoms with Gasteiger partial charge in [-0.2, -0.15) is 13.2 Å². The van der Waals surface area contributed by atoms with E-state index in [0.29, 0.717) is 16.6 Å². The zero-order chi connectivity index (χ0) is 24.0. The molecular weight excluding hydrogens is 449 g/mol. The van der Waals surface area contributed by atoms with Gasteiger partial charge in [0.1, 0.15) is 17.8 Å². The molecule has 0 saturated carbocycles. The van der Waals surface area contributed by atoms with Gasteiger partial charge in [0.15, 0.2) is 5.82 Å². The highest BCUT2D eigenvalue weighted by Crippen LogP contribution is 2.35. The van der Waals surface area contributed by atoms with Gasteiger partial charge in [0, 0.05) is 31.8 Å². The number of nitrogens with zero attached hydrogens (tertiary/aromatic N) is 7. The Labute approximate surface area is 191 Å². The number of carbonyl (C=O) groups is 1. The molecule has 0 atom stereocenters. The second-order valence-electron chi connectivity index (χ2n) is 7.83. The number of halogens is 3. The van der Waals surface area contributed by atoms with Gasteiger partial charge in [-0.3, -0.25) is 4.79 Å². The first-order valence-electron chi connectivity index (χ1n) is 10.4. The van der Waals surface area contributed by atoms with E-state index in [0.717, 1.165) is 15.8 Å². The van der Waals surface area contributed by atoms with Crippen LogP contribution >= 0.6 is 0 Å². The largest absolute Gasteiger partial charge is 0.451 e. The number of benzene rings is 1. The summed E-state index contributed by atoms with van der Waals surface area (Å²) in [6, 6.07) is 9.58. The molecule has 4 heterocycles. The molecule has 0 saturated heterocycles. The Morgan fingerprint density at radius 3 is 2.62 bits per heavy atom. The summed E-state index contributed by atoms with van der Waals surface area (Å²) in [7, 11) is 1.85. The van der Waals surface area contributed by atoms with Crippen LogP contribution in [0.3, 0.4) is 0 Å². The lowest BCUT2D eigenvalue weighted by atomic mass is 10.1. The lowest BCUT2D eigenvalue weighted by Crippen LogP contribution is -2.38. The molecule has 1 aromatic carbocycles. The van der Waals surface area contributed by atoms with Gasteiger partial charge in [0.25, 0.3) is 0 Å². The lowest BCUT2D eigenvalue weighted by Gasteiger charge is -2.27. The maximum absolute atomic E-state index is 13.1. The van der Waals surface area contributed by atoms with Gasteiger partial charge in [-0.15, -0.1) is 10.2 Å². The predicted octanol–water partition coefficient (Wildman–Crippen LogP) is 2.88. The Bertz CT molecular complexity index is 1420. The normalized spacial score (nSPS) is 14.2. The van der Waals surface area contributed by atoms with Crippen LogP contribution in [-0.4, -0.2) is 46.7 Å². The topological polar surface area (TPSA) is 108 Å². The maximum atomic E-state index is 13.1. The van der Waals surface area contributed by atoms with Gasteiger partial charge in [-0.05, 0) is 11.6 Å². The van der Waals surface area contributed by atoms with Crippen molar-refractivity contribution in [1.82, 2.24) is 34.2 Å². The SMILES string of the molecule is Cn1c(-c2ccccc2)c(/C=C/C(=O)N2CCn3c(nnc3C(F)(F)F)C2)c2c(N)ncnc21. The molecule has 5 rings (SSSR count). The fourth-order valence-corrected chi connectivity index (χ4v) is 4.23.